The molecule has 0 aliphatic heterocycles. The highest BCUT2D eigenvalue weighted by atomic mass is 79.9. The summed E-state index contributed by atoms with van der Waals surface area (Å²) in [7, 11) is 1.82. The standard InChI is InChI=1S/C23H16BrFN6O/c1-30-13-17(22(29-30)15-2-4-16(25)5-3-15)18-6-7-21-27-19(23(24)31(21)28-18)12-20(32)14-8-10-26-11-9-14/h2-11,13H,12H2,1H3. The third kappa shape index (κ3) is 3.71. The van der Waals surface area contributed by atoms with Crippen LogP contribution in [0.1, 0.15) is 16.1 Å². The summed E-state index contributed by atoms with van der Waals surface area (Å²) < 4.78 is 17.3. The Bertz CT molecular complexity index is 1440. The molecule has 0 fully saturated rings. The molecule has 4 aromatic heterocycles. The summed E-state index contributed by atoms with van der Waals surface area (Å²) in [6.07, 6.45) is 5.18. The molecule has 0 aliphatic carbocycles. The van der Waals surface area contributed by atoms with E-state index >= 15 is 0 Å². The van der Waals surface area contributed by atoms with E-state index in [1.54, 1.807) is 45.9 Å². The molecule has 0 radical (unpaired) electrons. The van der Waals surface area contributed by atoms with Crippen LogP contribution in [0.2, 0.25) is 0 Å². The lowest BCUT2D eigenvalue weighted by atomic mass is 10.1. The lowest BCUT2D eigenvalue weighted by Gasteiger charge is -2.04. The molecule has 0 atom stereocenters. The zero-order chi connectivity index (χ0) is 22.2. The second-order valence-electron chi connectivity index (χ2n) is 7.25. The molecule has 158 valence electrons. The number of ketones is 1. The summed E-state index contributed by atoms with van der Waals surface area (Å²) in [6.45, 7) is 0. The van der Waals surface area contributed by atoms with E-state index in [1.165, 1.54) is 12.1 Å². The highest BCUT2D eigenvalue weighted by Gasteiger charge is 2.18. The zero-order valence-corrected chi connectivity index (χ0v) is 18.5. The van der Waals surface area contributed by atoms with E-state index in [1.807, 2.05) is 25.4 Å². The number of imidazole rings is 1. The first-order valence-electron chi connectivity index (χ1n) is 9.77. The van der Waals surface area contributed by atoms with Gasteiger partial charge in [0.05, 0.1) is 17.8 Å². The number of nitrogens with zero attached hydrogens (tertiary/aromatic N) is 6. The third-order valence-corrected chi connectivity index (χ3v) is 5.83. The van der Waals surface area contributed by atoms with Gasteiger partial charge in [0.1, 0.15) is 16.1 Å². The van der Waals surface area contributed by atoms with Crippen molar-refractivity contribution >= 4 is 27.4 Å². The predicted molar refractivity (Wildman–Crippen MR) is 121 cm³/mol. The van der Waals surface area contributed by atoms with Crippen molar-refractivity contribution in [2.75, 3.05) is 0 Å². The Morgan fingerprint density at radius 2 is 1.78 bits per heavy atom. The third-order valence-electron chi connectivity index (χ3n) is 5.04. The maximum absolute atomic E-state index is 13.4. The van der Waals surface area contributed by atoms with Crippen LogP contribution in [0.25, 0.3) is 28.2 Å². The van der Waals surface area contributed by atoms with E-state index in [-0.39, 0.29) is 18.0 Å². The Labute approximate surface area is 190 Å². The maximum Gasteiger partial charge on any atom is 0.169 e. The molecule has 4 heterocycles. The molecular formula is C23H16BrFN6O. The number of rotatable bonds is 5. The largest absolute Gasteiger partial charge is 0.294 e. The van der Waals surface area contributed by atoms with Gasteiger partial charge < -0.3 is 0 Å². The van der Waals surface area contributed by atoms with Crippen molar-refractivity contribution in [3.05, 3.63) is 88.8 Å². The molecule has 0 spiro atoms. The number of carbonyl (C=O) groups is 1. The lowest BCUT2D eigenvalue weighted by Crippen LogP contribution is -2.04. The van der Waals surface area contributed by atoms with Crippen molar-refractivity contribution < 1.29 is 9.18 Å². The Morgan fingerprint density at radius 1 is 1.03 bits per heavy atom. The van der Waals surface area contributed by atoms with Gasteiger partial charge in [-0.2, -0.15) is 10.2 Å². The quantitative estimate of drug-likeness (QED) is 0.338. The Hall–Kier alpha value is -3.72. The van der Waals surface area contributed by atoms with Crippen LogP contribution >= 0.6 is 15.9 Å². The van der Waals surface area contributed by atoms with Crippen LogP contribution in [0.5, 0.6) is 0 Å². The van der Waals surface area contributed by atoms with Crippen molar-refractivity contribution in [1.29, 1.82) is 0 Å². The van der Waals surface area contributed by atoms with Crippen molar-refractivity contribution in [1.82, 2.24) is 29.4 Å². The van der Waals surface area contributed by atoms with Crippen LogP contribution in [0, 0.1) is 5.82 Å². The van der Waals surface area contributed by atoms with Crippen LogP contribution in [-0.2, 0) is 13.5 Å². The van der Waals surface area contributed by atoms with Gasteiger partial charge in [-0.25, -0.2) is 13.9 Å². The van der Waals surface area contributed by atoms with Gasteiger partial charge >= 0.3 is 0 Å². The number of pyridine rings is 1. The molecule has 32 heavy (non-hydrogen) atoms. The van der Waals surface area contributed by atoms with Crippen molar-refractivity contribution in [3.63, 3.8) is 0 Å². The number of hydrogen-bond acceptors (Lipinski definition) is 5. The molecule has 0 amide bonds. The number of Topliss-reactive ketones (excluding diaryl/α,β-unsaturated/α-hetero) is 1. The summed E-state index contributed by atoms with van der Waals surface area (Å²) in [6, 6.07) is 13.3. The number of aromatic nitrogens is 6. The van der Waals surface area contributed by atoms with Gasteiger partial charge in [0, 0.05) is 42.3 Å². The fourth-order valence-electron chi connectivity index (χ4n) is 3.50. The van der Waals surface area contributed by atoms with E-state index in [2.05, 4.69) is 31.0 Å². The molecule has 0 unspecified atom stereocenters. The summed E-state index contributed by atoms with van der Waals surface area (Å²) >= 11 is 3.55. The molecule has 1 aromatic carbocycles. The Balaban J connectivity index is 1.53. The van der Waals surface area contributed by atoms with Gasteiger partial charge in [0.15, 0.2) is 11.4 Å². The van der Waals surface area contributed by atoms with E-state index in [9.17, 15) is 9.18 Å². The molecule has 0 bridgehead atoms. The van der Waals surface area contributed by atoms with Gasteiger partial charge in [0.2, 0.25) is 0 Å². The van der Waals surface area contributed by atoms with E-state index in [0.29, 0.717) is 32.9 Å². The number of fused-ring (bicyclic) bond motifs is 1. The predicted octanol–water partition coefficient (Wildman–Crippen LogP) is 4.52. The molecular weight excluding hydrogens is 475 g/mol. The second kappa shape index (κ2) is 8.08. The van der Waals surface area contributed by atoms with Gasteiger partial charge in [-0.15, -0.1) is 0 Å². The van der Waals surface area contributed by atoms with Gasteiger partial charge in [0.25, 0.3) is 0 Å². The molecule has 0 N–H and O–H groups in total. The average Bonchev–Trinajstić information content (AvgIpc) is 3.34. The molecule has 7 nitrogen and oxygen atoms in total. The van der Waals surface area contributed by atoms with Gasteiger partial charge in [-0.3, -0.25) is 14.5 Å². The first-order chi connectivity index (χ1) is 15.5. The molecule has 0 aliphatic rings. The first kappa shape index (κ1) is 20.2. The summed E-state index contributed by atoms with van der Waals surface area (Å²) in [4.78, 5) is 21.1. The zero-order valence-electron chi connectivity index (χ0n) is 16.9. The summed E-state index contributed by atoms with van der Waals surface area (Å²) in [5, 5.41) is 9.26. The fraction of sp³-hybridized carbons (Fsp3) is 0.0870. The second-order valence-corrected chi connectivity index (χ2v) is 8.00. The normalized spacial score (nSPS) is 11.2. The van der Waals surface area contributed by atoms with Crippen molar-refractivity contribution in [2.24, 2.45) is 7.05 Å². The first-order valence-corrected chi connectivity index (χ1v) is 10.6. The monoisotopic (exact) mass is 490 g/mol. The number of halogens is 2. The number of aryl methyl sites for hydroxylation is 1. The van der Waals surface area contributed by atoms with Crippen molar-refractivity contribution in [3.8, 4) is 22.5 Å². The maximum atomic E-state index is 13.4. The molecule has 5 rings (SSSR count). The van der Waals surface area contributed by atoms with Crippen LogP contribution in [0.15, 0.2) is 71.7 Å². The Kier molecular flexibility index (Phi) is 5.10. The van der Waals surface area contributed by atoms with E-state index < -0.39 is 0 Å². The molecule has 5 aromatic rings. The van der Waals surface area contributed by atoms with Crippen LogP contribution in [0.3, 0.4) is 0 Å². The Morgan fingerprint density at radius 3 is 2.53 bits per heavy atom. The number of hydrogen-bond donors (Lipinski definition) is 0. The van der Waals surface area contributed by atoms with E-state index in [0.717, 1.165) is 11.1 Å². The highest BCUT2D eigenvalue weighted by molar-refractivity contribution is 9.10. The van der Waals surface area contributed by atoms with Crippen LogP contribution < -0.4 is 0 Å². The minimum atomic E-state index is -0.304. The van der Waals surface area contributed by atoms with Gasteiger partial charge in [-0.05, 0) is 64.5 Å². The van der Waals surface area contributed by atoms with Crippen molar-refractivity contribution in [2.45, 2.75) is 6.42 Å². The number of benzene rings is 1. The van der Waals surface area contributed by atoms with Crippen LogP contribution in [0.4, 0.5) is 4.39 Å². The highest BCUT2D eigenvalue weighted by Crippen LogP contribution is 2.31. The topological polar surface area (TPSA) is 78.0 Å². The van der Waals surface area contributed by atoms with Crippen LogP contribution in [-0.4, -0.2) is 35.1 Å². The lowest BCUT2D eigenvalue weighted by molar-refractivity contribution is 0.0991. The molecule has 0 saturated carbocycles. The molecule has 9 heteroatoms. The van der Waals surface area contributed by atoms with E-state index in [4.69, 9.17) is 5.10 Å². The fourth-order valence-corrected chi connectivity index (χ4v) is 3.99. The minimum Gasteiger partial charge on any atom is -0.294 e. The van der Waals surface area contributed by atoms with Gasteiger partial charge in [-0.1, -0.05) is 0 Å². The SMILES string of the molecule is Cn1cc(-c2ccc3nc(CC(=O)c4ccncc4)c(Br)n3n2)c(-c2ccc(F)cc2)n1. The smallest absolute Gasteiger partial charge is 0.169 e. The summed E-state index contributed by atoms with van der Waals surface area (Å²) in [5.41, 5.74) is 4.76. The summed E-state index contributed by atoms with van der Waals surface area (Å²) in [5.74, 6) is -0.357. The average molecular weight is 491 g/mol. The minimum absolute atomic E-state index is 0.0532. The molecule has 0 saturated heterocycles. The number of carbonyl (C=O) groups excluding carboxylic acids is 1.